The molecule has 2 aliphatic rings. The Kier molecular flexibility index (Phi) is 7.07. The number of benzene rings is 1. The topological polar surface area (TPSA) is 73.9 Å². The summed E-state index contributed by atoms with van der Waals surface area (Å²) in [5.41, 5.74) is 3.99. The lowest BCUT2D eigenvalue weighted by atomic mass is 9.75. The van der Waals surface area contributed by atoms with Crippen molar-refractivity contribution in [2.75, 3.05) is 63.7 Å². The number of nitrogens with zero attached hydrogens (tertiary/aromatic N) is 2. The van der Waals surface area contributed by atoms with E-state index in [9.17, 15) is 9.59 Å². The third-order valence-corrected chi connectivity index (χ3v) is 7.42. The van der Waals surface area contributed by atoms with Gasteiger partial charge in [-0.05, 0) is 49.2 Å². The number of anilines is 2. The number of carbonyl (C=O) groups excluding carboxylic acids is 2. The van der Waals surface area contributed by atoms with Crippen molar-refractivity contribution in [2.45, 2.75) is 26.7 Å². The van der Waals surface area contributed by atoms with Gasteiger partial charge >= 0.3 is 6.03 Å². The molecular formula is C25H34N4O3S. The molecule has 1 fully saturated rings. The highest BCUT2D eigenvalue weighted by Crippen LogP contribution is 2.49. The highest BCUT2D eigenvalue weighted by molar-refractivity contribution is 7.19. The molecule has 0 bridgehead atoms. The summed E-state index contributed by atoms with van der Waals surface area (Å²) in [6.07, 6.45) is 1.45. The molecule has 2 heterocycles. The molecule has 2 aromatic rings. The Morgan fingerprint density at radius 3 is 2.70 bits per heavy atom. The number of nitrogens with one attached hydrogen (secondary N) is 2. The van der Waals surface area contributed by atoms with Crippen LogP contribution in [0, 0.1) is 5.41 Å². The Bertz CT molecular complexity index is 1020. The average Bonchev–Trinajstić information content (AvgIpc) is 3.13. The molecule has 0 saturated carbocycles. The van der Waals surface area contributed by atoms with Gasteiger partial charge < -0.3 is 25.2 Å². The zero-order chi connectivity index (χ0) is 23.6. The standard InChI is InChI=1S/C25H34N4O3S/c1-25(2)15-19-21(23(29-10-12-32-13-11-29)33-22(19)20(30)16-25)17-6-5-7-18(14-17)27-24(31)26-8-9-28(3)4/h5-7,14H,8-13,15-16H2,1-4H3,(H2,26,27,31). The van der Waals surface area contributed by atoms with Crippen LogP contribution in [0.3, 0.4) is 0 Å². The lowest BCUT2D eigenvalue weighted by Crippen LogP contribution is -2.36. The number of morpholine rings is 1. The van der Waals surface area contributed by atoms with E-state index in [1.807, 2.05) is 37.2 Å². The SMILES string of the molecule is CN(C)CCNC(=O)Nc1cccc(-c2c(N3CCOCC3)sc3c2CC(C)(C)CC3=O)c1. The van der Waals surface area contributed by atoms with Crippen LogP contribution in [0.4, 0.5) is 15.5 Å². The van der Waals surface area contributed by atoms with Gasteiger partial charge in [0.15, 0.2) is 5.78 Å². The normalized spacial score (nSPS) is 17.7. The Hall–Kier alpha value is -2.42. The molecule has 0 unspecified atom stereocenters. The first-order chi connectivity index (χ1) is 15.7. The van der Waals surface area contributed by atoms with Gasteiger partial charge in [-0.2, -0.15) is 0 Å². The number of ketones is 1. The van der Waals surface area contributed by atoms with Gasteiger partial charge in [-0.25, -0.2) is 4.79 Å². The van der Waals surface area contributed by atoms with Crippen molar-refractivity contribution in [2.24, 2.45) is 5.41 Å². The molecule has 7 nitrogen and oxygen atoms in total. The molecule has 0 spiro atoms. The third kappa shape index (κ3) is 5.57. The molecular weight excluding hydrogens is 436 g/mol. The van der Waals surface area contributed by atoms with Gasteiger partial charge in [0.05, 0.1) is 23.1 Å². The number of ether oxygens (including phenoxy) is 1. The van der Waals surface area contributed by atoms with E-state index in [4.69, 9.17) is 4.74 Å². The van der Waals surface area contributed by atoms with Crippen molar-refractivity contribution < 1.29 is 14.3 Å². The van der Waals surface area contributed by atoms with Crippen LogP contribution in [-0.4, -0.2) is 70.2 Å². The maximum atomic E-state index is 13.0. The molecule has 4 rings (SSSR count). The molecule has 2 amide bonds. The smallest absolute Gasteiger partial charge is 0.319 e. The summed E-state index contributed by atoms with van der Waals surface area (Å²) >= 11 is 1.62. The van der Waals surface area contributed by atoms with Crippen LogP contribution in [0.5, 0.6) is 0 Å². The summed E-state index contributed by atoms with van der Waals surface area (Å²) in [4.78, 5) is 30.7. The minimum atomic E-state index is -0.217. The third-order valence-electron chi connectivity index (χ3n) is 6.09. The number of hydrogen-bond acceptors (Lipinski definition) is 6. The second kappa shape index (κ2) is 9.83. The molecule has 33 heavy (non-hydrogen) atoms. The summed E-state index contributed by atoms with van der Waals surface area (Å²) in [6.45, 7) is 8.70. The van der Waals surface area contributed by atoms with Crippen molar-refractivity contribution in [1.82, 2.24) is 10.2 Å². The molecule has 1 aliphatic heterocycles. The van der Waals surface area contributed by atoms with E-state index in [0.717, 1.165) is 58.3 Å². The monoisotopic (exact) mass is 470 g/mol. The van der Waals surface area contributed by atoms with Crippen LogP contribution in [0.2, 0.25) is 0 Å². The molecule has 8 heteroatoms. The van der Waals surface area contributed by atoms with Crippen LogP contribution in [0.25, 0.3) is 11.1 Å². The van der Waals surface area contributed by atoms with Crippen LogP contribution >= 0.6 is 11.3 Å². The minimum absolute atomic E-state index is 0.0651. The van der Waals surface area contributed by atoms with Gasteiger partial charge in [0, 0.05) is 43.9 Å². The van der Waals surface area contributed by atoms with Gasteiger partial charge in [-0.1, -0.05) is 26.0 Å². The van der Waals surface area contributed by atoms with Crippen LogP contribution < -0.4 is 15.5 Å². The Morgan fingerprint density at radius 2 is 1.97 bits per heavy atom. The van der Waals surface area contributed by atoms with E-state index in [1.54, 1.807) is 11.3 Å². The number of thiophene rings is 1. The summed E-state index contributed by atoms with van der Waals surface area (Å²) in [6, 6.07) is 7.74. The maximum Gasteiger partial charge on any atom is 0.319 e. The van der Waals surface area contributed by atoms with Gasteiger partial charge in [-0.3, -0.25) is 4.79 Å². The fourth-order valence-electron chi connectivity index (χ4n) is 4.51. The summed E-state index contributed by atoms with van der Waals surface area (Å²) in [5, 5.41) is 6.99. The Balaban J connectivity index is 1.67. The minimum Gasteiger partial charge on any atom is -0.378 e. The number of urea groups is 1. The average molecular weight is 471 g/mol. The number of fused-ring (bicyclic) bond motifs is 1. The van der Waals surface area contributed by atoms with E-state index in [-0.39, 0.29) is 17.2 Å². The van der Waals surface area contributed by atoms with Crippen LogP contribution in [0.15, 0.2) is 24.3 Å². The zero-order valence-electron chi connectivity index (χ0n) is 20.0. The molecule has 178 valence electrons. The number of likely N-dealkylation sites (N-methyl/N-ethyl adjacent to an activating group) is 1. The number of amides is 2. The molecule has 1 aliphatic carbocycles. The van der Waals surface area contributed by atoms with E-state index in [0.29, 0.717) is 26.2 Å². The van der Waals surface area contributed by atoms with Crippen molar-refractivity contribution in [1.29, 1.82) is 0 Å². The molecule has 0 atom stereocenters. The number of rotatable bonds is 6. The van der Waals surface area contributed by atoms with Gasteiger partial charge in [0.25, 0.3) is 0 Å². The highest BCUT2D eigenvalue weighted by Gasteiger charge is 2.37. The molecule has 2 N–H and O–H groups in total. The molecule has 1 aromatic heterocycles. The van der Waals surface area contributed by atoms with E-state index in [1.165, 1.54) is 0 Å². The predicted octanol–water partition coefficient (Wildman–Crippen LogP) is 4.09. The van der Waals surface area contributed by atoms with Crippen LogP contribution in [0.1, 0.15) is 35.5 Å². The number of hydrogen-bond donors (Lipinski definition) is 2. The fraction of sp³-hybridized carbons (Fsp3) is 0.520. The summed E-state index contributed by atoms with van der Waals surface area (Å²) < 4.78 is 5.57. The highest BCUT2D eigenvalue weighted by atomic mass is 32.1. The molecule has 1 saturated heterocycles. The molecule has 1 aromatic carbocycles. The lowest BCUT2D eigenvalue weighted by Gasteiger charge is -2.30. The van der Waals surface area contributed by atoms with Crippen molar-refractivity contribution in [3.63, 3.8) is 0 Å². The second-order valence-corrected chi connectivity index (χ2v) is 10.9. The Morgan fingerprint density at radius 1 is 1.21 bits per heavy atom. The molecule has 0 radical (unpaired) electrons. The zero-order valence-corrected chi connectivity index (χ0v) is 20.8. The number of carbonyl (C=O) groups is 2. The second-order valence-electron chi connectivity index (χ2n) is 9.90. The van der Waals surface area contributed by atoms with Gasteiger partial charge in [0.2, 0.25) is 0 Å². The predicted molar refractivity (Wildman–Crippen MR) is 135 cm³/mol. The maximum absolute atomic E-state index is 13.0. The van der Waals surface area contributed by atoms with Crippen molar-refractivity contribution in [3.05, 3.63) is 34.7 Å². The fourth-order valence-corrected chi connectivity index (χ4v) is 5.84. The van der Waals surface area contributed by atoms with E-state index >= 15 is 0 Å². The van der Waals surface area contributed by atoms with Crippen LogP contribution in [-0.2, 0) is 11.2 Å². The Labute approximate surface area is 200 Å². The lowest BCUT2D eigenvalue weighted by molar-refractivity contribution is 0.0918. The summed E-state index contributed by atoms with van der Waals surface area (Å²) in [7, 11) is 3.95. The van der Waals surface area contributed by atoms with Gasteiger partial charge in [-0.15, -0.1) is 11.3 Å². The number of Topliss-reactive ketones (excluding diaryl/α,β-unsaturated/α-hetero) is 1. The first-order valence-electron chi connectivity index (χ1n) is 11.5. The van der Waals surface area contributed by atoms with Crippen molar-refractivity contribution >= 4 is 33.8 Å². The van der Waals surface area contributed by atoms with Crippen molar-refractivity contribution in [3.8, 4) is 11.1 Å². The first-order valence-corrected chi connectivity index (χ1v) is 12.4. The van der Waals surface area contributed by atoms with Gasteiger partial charge in [0.1, 0.15) is 0 Å². The summed E-state index contributed by atoms with van der Waals surface area (Å²) in [5.74, 6) is 0.238. The largest absolute Gasteiger partial charge is 0.378 e. The van der Waals surface area contributed by atoms with E-state index in [2.05, 4.69) is 35.4 Å². The quantitative estimate of drug-likeness (QED) is 0.665. The first kappa shape index (κ1) is 23.7. The van der Waals surface area contributed by atoms with E-state index < -0.39 is 0 Å².